The molecule has 0 saturated heterocycles. The molecule has 0 bridgehead atoms. The normalized spacial score (nSPS) is 11.1. The minimum absolute atomic E-state index is 0.159. The quantitative estimate of drug-likeness (QED) is 0.692. The Bertz CT molecular complexity index is 700. The third-order valence-corrected chi connectivity index (χ3v) is 5.83. The Morgan fingerprint density at radius 1 is 1.05 bits per heavy atom. The lowest BCUT2D eigenvalue weighted by atomic mass is 10.1. The molecule has 1 N–H and O–H groups in total. The maximum Gasteiger partial charge on any atom is 0.255 e. The Kier molecular flexibility index (Phi) is 4.61. The van der Waals surface area contributed by atoms with E-state index in [9.17, 15) is 9.59 Å². The summed E-state index contributed by atoms with van der Waals surface area (Å²) in [5.74, 6) is -0.159. The van der Waals surface area contributed by atoms with Gasteiger partial charge in [0.2, 0.25) is 0 Å². The molecule has 0 fully saturated rings. The van der Waals surface area contributed by atoms with Crippen LogP contribution in [0.15, 0.2) is 42.5 Å². The molecule has 0 aliphatic rings. The van der Waals surface area contributed by atoms with Crippen LogP contribution in [0.4, 0.5) is 5.69 Å². The summed E-state index contributed by atoms with van der Waals surface area (Å²) in [4.78, 5) is 23.3. The molecule has 0 spiro atoms. The van der Waals surface area contributed by atoms with Crippen molar-refractivity contribution >= 4 is 31.1 Å². The van der Waals surface area contributed by atoms with Crippen molar-refractivity contribution in [2.45, 2.75) is 26.6 Å². The third kappa shape index (κ3) is 3.51. The molecule has 4 heteroatoms. The molecule has 22 heavy (non-hydrogen) atoms. The lowest BCUT2D eigenvalue weighted by Crippen LogP contribution is -2.37. The number of anilines is 1. The van der Waals surface area contributed by atoms with Gasteiger partial charge in [0, 0.05) is 16.8 Å². The second kappa shape index (κ2) is 6.28. The third-order valence-electron chi connectivity index (χ3n) is 3.76. The van der Waals surface area contributed by atoms with Crippen LogP contribution in [0.5, 0.6) is 0 Å². The van der Waals surface area contributed by atoms with Crippen molar-refractivity contribution in [3.05, 3.63) is 59.2 Å². The lowest BCUT2D eigenvalue weighted by molar-refractivity contribution is 0.102. The fraction of sp³-hybridized carbons (Fsp3) is 0.222. The van der Waals surface area contributed by atoms with E-state index in [0.717, 1.165) is 11.8 Å². The van der Waals surface area contributed by atoms with Crippen molar-refractivity contribution < 1.29 is 9.59 Å². The first-order chi connectivity index (χ1) is 10.3. The van der Waals surface area contributed by atoms with Crippen LogP contribution < -0.4 is 10.5 Å². The van der Waals surface area contributed by atoms with Crippen molar-refractivity contribution in [3.63, 3.8) is 0 Å². The van der Waals surface area contributed by atoms with Gasteiger partial charge < -0.3 is 5.32 Å². The molecule has 2 rings (SSSR count). The van der Waals surface area contributed by atoms with Crippen LogP contribution in [-0.4, -0.2) is 20.3 Å². The van der Waals surface area contributed by atoms with Gasteiger partial charge in [0.25, 0.3) is 5.91 Å². The van der Waals surface area contributed by atoms with E-state index >= 15 is 0 Å². The molecule has 0 saturated carbocycles. The molecule has 114 valence electrons. The minimum atomic E-state index is -1.36. The van der Waals surface area contributed by atoms with Gasteiger partial charge in [-0.05, 0) is 30.7 Å². The van der Waals surface area contributed by atoms with Gasteiger partial charge in [-0.2, -0.15) is 0 Å². The number of hydrogen-bond donors (Lipinski definition) is 1. The predicted molar refractivity (Wildman–Crippen MR) is 93.9 cm³/mol. The number of carbonyl (C=O) groups is 2. The summed E-state index contributed by atoms with van der Waals surface area (Å²) in [5, 5.41) is 4.20. The Labute approximate surface area is 132 Å². The van der Waals surface area contributed by atoms with E-state index in [4.69, 9.17) is 0 Å². The molecule has 0 unspecified atom stereocenters. The summed E-state index contributed by atoms with van der Waals surface area (Å²) < 4.78 is 0. The van der Waals surface area contributed by atoms with Gasteiger partial charge >= 0.3 is 0 Å². The molecule has 0 radical (unpaired) electrons. The van der Waals surface area contributed by atoms with Crippen LogP contribution in [0.2, 0.25) is 19.6 Å². The molecule has 0 aliphatic heterocycles. The van der Waals surface area contributed by atoms with Gasteiger partial charge in [0.1, 0.15) is 6.29 Å². The molecule has 2 aromatic rings. The van der Waals surface area contributed by atoms with Crippen molar-refractivity contribution in [3.8, 4) is 0 Å². The van der Waals surface area contributed by atoms with Crippen LogP contribution in [0.3, 0.4) is 0 Å². The first kappa shape index (κ1) is 16.2. The Hall–Kier alpha value is -2.20. The topological polar surface area (TPSA) is 46.2 Å². The SMILES string of the molecule is Cc1c(C=O)cccc1NC(=O)c1ccc([Si](C)(C)C)cc1. The van der Waals surface area contributed by atoms with E-state index in [-0.39, 0.29) is 5.91 Å². The monoisotopic (exact) mass is 311 g/mol. The van der Waals surface area contributed by atoms with Crippen LogP contribution in [0.25, 0.3) is 0 Å². The van der Waals surface area contributed by atoms with Crippen LogP contribution in [0, 0.1) is 6.92 Å². The largest absolute Gasteiger partial charge is 0.322 e. The summed E-state index contributed by atoms with van der Waals surface area (Å²) in [7, 11) is -1.36. The summed E-state index contributed by atoms with van der Waals surface area (Å²) in [6, 6.07) is 13.1. The highest BCUT2D eigenvalue weighted by Gasteiger charge is 2.17. The van der Waals surface area contributed by atoms with Gasteiger partial charge in [-0.1, -0.05) is 49.1 Å². The number of rotatable bonds is 4. The predicted octanol–water partition coefficient (Wildman–Crippen LogP) is 3.61. The van der Waals surface area contributed by atoms with Crippen molar-refractivity contribution in [1.29, 1.82) is 0 Å². The van der Waals surface area contributed by atoms with Crippen LogP contribution in [0.1, 0.15) is 26.3 Å². The molecule has 0 aliphatic carbocycles. The molecule has 0 atom stereocenters. The number of hydrogen-bond acceptors (Lipinski definition) is 2. The zero-order chi connectivity index (χ0) is 16.3. The van der Waals surface area contributed by atoms with Gasteiger partial charge in [-0.25, -0.2) is 0 Å². The summed E-state index contributed by atoms with van der Waals surface area (Å²) in [6.07, 6.45) is 0.799. The van der Waals surface area contributed by atoms with E-state index in [2.05, 4.69) is 25.0 Å². The molecule has 1 amide bonds. The van der Waals surface area contributed by atoms with Crippen LogP contribution in [-0.2, 0) is 0 Å². The molecular formula is C18H21NO2Si. The van der Waals surface area contributed by atoms with E-state index < -0.39 is 8.07 Å². The number of carbonyl (C=O) groups excluding carboxylic acids is 2. The molecule has 0 aromatic heterocycles. The van der Waals surface area contributed by atoms with E-state index in [0.29, 0.717) is 16.8 Å². The highest BCUT2D eigenvalue weighted by molar-refractivity contribution is 6.88. The summed E-state index contributed by atoms with van der Waals surface area (Å²) in [6.45, 7) is 8.65. The highest BCUT2D eigenvalue weighted by Crippen LogP contribution is 2.18. The molecule has 3 nitrogen and oxygen atoms in total. The lowest BCUT2D eigenvalue weighted by Gasteiger charge is -2.16. The fourth-order valence-electron chi connectivity index (χ4n) is 2.23. The van der Waals surface area contributed by atoms with Crippen molar-refractivity contribution in [2.24, 2.45) is 0 Å². The van der Waals surface area contributed by atoms with Gasteiger partial charge in [-0.3, -0.25) is 9.59 Å². The van der Waals surface area contributed by atoms with E-state index in [1.165, 1.54) is 5.19 Å². The molecule has 2 aromatic carbocycles. The Morgan fingerprint density at radius 2 is 1.68 bits per heavy atom. The maximum absolute atomic E-state index is 12.3. The van der Waals surface area contributed by atoms with E-state index in [1.807, 2.05) is 31.2 Å². The first-order valence-corrected chi connectivity index (χ1v) is 10.8. The average molecular weight is 311 g/mol. The van der Waals surface area contributed by atoms with Crippen molar-refractivity contribution in [1.82, 2.24) is 0 Å². The molecule has 0 heterocycles. The van der Waals surface area contributed by atoms with Gasteiger partial charge in [0.15, 0.2) is 0 Å². The first-order valence-electron chi connectivity index (χ1n) is 7.29. The number of benzene rings is 2. The Morgan fingerprint density at radius 3 is 2.23 bits per heavy atom. The summed E-state index contributed by atoms with van der Waals surface area (Å²) >= 11 is 0. The van der Waals surface area contributed by atoms with Gasteiger partial charge in [0.05, 0.1) is 8.07 Å². The summed E-state index contributed by atoms with van der Waals surface area (Å²) in [5.41, 5.74) is 2.67. The number of amides is 1. The Balaban J connectivity index is 2.21. The second-order valence-corrected chi connectivity index (χ2v) is 11.5. The number of nitrogens with one attached hydrogen (secondary N) is 1. The molecular weight excluding hydrogens is 290 g/mol. The average Bonchev–Trinajstić information content (AvgIpc) is 2.48. The zero-order valence-corrected chi connectivity index (χ0v) is 14.4. The fourth-order valence-corrected chi connectivity index (χ4v) is 3.40. The zero-order valence-electron chi connectivity index (χ0n) is 13.4. The standard InChI is InChI=1S/C18H21NO2Si/c1-13-15(12-20)6-5-7-17(13)19-18(21)14-8-10-16(11-9-14)22(2,3)4/h5-12H,1-4H3,(H,19,21). The highest BCUT2D eigenvalue weighted by atomic mass is 28.3. The number of aldehydes is 1. The second-order valence-electron chi connectivity index (χ2n) is 6.42. The van der Waals surface area contributed by atoms with Gasteiger partial charge in [-0.15, -0.1) is 0 Å². The maximum atomic E-state index is 12.3. The smallest absolute Gasteiger partial charge is 0.255 e. The van der Waals surface area contributed by atoms with E-state index in [1.54, 1.807) is 18.2 Å². The van der Waals surface area contributed by atoms with Crippen LogP contribution >= 0.6 is 0 Å². The van der Waals surface area contributed by atoms with Crippen molar-refractivity contribution in [2.75, 3.05) is 5.32 Å². The minimum Gasteiger partial charge on any atom is -0.322 e.